The quantitative estimate of drug-likeness (QED) is 0.791. The van der Waals surface area contributed by atoms with E-state index in [-0.39, 0.29) is 12.1 Å². The van der Waals surface area contributed by atoms with E-state index in [1.54, 1.807) is 13.3 Å². The molecule has 5 nitrogen and oxygen atoms in total. The van der Waals surface area contributed by atoms with Crippen molar-refractivity contribution in [1.82, 2.24) is 9.97 Å². The molecule has 7 heteroatoms. The molecule has 2 unspecified atom stereocenters. The van der Waals surface area contributed by atoms with E-state index in [2.05, 4.69) is 37.7 Å². The molecule has 2 rings (SSSR count). The molecule has 100 valence electrons. The molecule has 0 aromatic carbocycles. The van der Waals surface area contributed by atoms with Gasteiger partial charge in [-0.05, 0) is 22.9 Å². The van der Waals surface area contributed by atoms with Crippen LogP contribution in [0.25, 0.3) is 0 Å². The maximum absolute atomic E-state index is 5.84. The van der Waals surface area contributed by atoms with Gasteiger partial charge in [0.05, 0.1) is 42.4 Å². The first kappa shape index (κ1) is 13.8. The molecule has 1 fully saturated rings. The number of alkyl halides is 1. The lowest BCUT2D eigenvalue weighted by Crippen LogP contribution is -2.49. The van der Waals surface area contributed by atoms with Gasteiger partial charge in [-0.2, -0.15) is 4.98 Å². The standard InChI is InChI=1S/C11H15BrClN3O2/c1-7-6-18-8(3-13)5-16(7)11-14-4-9(12)10(15-11)17-2/h4,7-8H,3,5-6H2,1-2H3. The summed E-state index contributed by atoms with van der Waals surface area (Å²) in [7, 11) is 1.58. The van der Waals surface area contributed by atoms with E-state index < -0.39 is 0 Å². The minimum atomic E-state index is 0.0149. The van der Waals surface area contributed by atoms with Gasteiger partial charge in [0.25, 0.3) is 0 Å². The van der Waals surface area contributed by atoms with Gasteiger partial charge in [0, 0.05) is 6.54 Å². The Kier molecular flexibility index (Phi) is 4.64. The average molecular weight is 337 g/mol. The number of nitrogens with zero attached hydrogens (tertiary/aromatic N) is 3. The van der Waals surface area contributed by atoms with Crippen LogP contribution in [0.2, 0.25) is 0 Å². The number of hydrogen-bond acceptors (Lipinski definition) is 5. The van der Waals surface area contributed by atoms with Crippen molar-refractivity contribution < 1.29 is 9.47 Å². The molecule has 2 atom stereocenters. The Balaban J connectivity index is 2.23. The van der Waals surface area contributed by atoms with Crippen molar-refractivity contribution in [3.05, 3.63) is 10.7 Å². The van der Waals surface area contributed by atoms with E-state index >= 15 is 0 Å². The van der Waals surface area contributed by atoms with Crippen LogP contribution >= 0.6 is 27.5 Å². The lowest BCUT2D eigenvalue weighted by atomic mass is 10.2. The Hall–Kier alpha value is -0.590. The van der Waals surface area contributed by atoms with Crippen molar-refractivity contribution >= 4 is 33.5 Å². The Morgan fingerprint density at radius 1 is 1.67 bits per heavy atom. The number of anilines is 1. The zero-order chi connectivity index (χ0) is 13.1. The summed E-state index contributed by atoms with van der Waals surface area (Å²) in [5.74, 6) is 1.64. The van der Waals surface area contributed by atoms with Crippen molar-refractivity contribution in [2.45, 2.75) is 19.1 Å². The second kappa shape index (κ2) is 6.04. The Bertz CT molecular complexity index is 421. The molecule has 0 saturated carbocycles. The molecule has 1 aliphatic heterocycles. The number of morpholine rings is 1. The van der Waals surface area contributed by atoms with Crippen LogP contribution < -0.4 is 9.64 Å². The first-order chi connectivity index (χ1) is 8.65. The molecule has 1 saturated heterocycles. The summed E-state index contributed by atoms with van der Waals surface area (Å²) < 4.78 is 11.5. The van der Waals surface area contributed by atoms with E-state index in [9.17, 15) is 0 Å². The van der Waals surface area contributed by atoms with Crippen molar-refractivity contribution in [3.63, 3.8) is 0 Å². The highest BCUT2D eigenvalue weighted by atomic mass is 79.9. The summed E-state index contributed by atoms with van der Waals surface area (Å²) in [5.41, 5.74) is 0. The van der Waals surface area contributed by atoms with E-state index in [1.807, 2.05) is 0 Å². The normalized spacial score (nSPS) is 24.1. The summed E-state index contributed by atoms with van der Waals surface area (Å²) in [5, 5.41) is 0. The fraction of sp³-hybridized carbons (Fsp3) is 0.636. The zero-order valence-corrected chi connectivity index (χ0v) is 12.6. The first-order valence-corrected chi connectivity index (χ1v) is 6.99. The highest BCUT2D eigenvalue weighted by molar-refractivity contribution is 9.10. The number of ether oxygens (including phenoxy) is 2. The Labute approximate surface area is 120 Å². The minimum absolute atomic E-state index is 0.0149. The van der Waals surface area contributed by atoms with Crippen molar-refractivity contribution in [2.75, 3.05) is 31.0 Å². The molecule has 0 spiro atoms. The van der Waals surface area contributed by atoms with Gasteiger partial charge in [0.1, 0.15) is 0 Å². The minimum Gasteiger partial charge on any atom is -0.480 e. The predicted octanol–water partition coefficient (Wildman–Crippen LogP) is 2.08. The van der Waals surface area contributed by atoms with Crippen LogP contribution in [0.5, 0.6) is 5.88 Å². The van der Waals surface area contributed by atoms with Gasteiger partial charge in [0.2, 0.25) is 11.8 Å². The molecule has 18 heavy (non-hydrogen) atoms. The summed E-state index contributed by atoms with van der Waals surface area (Å²) in [4.78, 5) is 10.8. The second-order valence-electron chi connectivity index (χ2n) is 4.14. The van der Waals surface area contributed by atoms with Crippen LogP contribution in [-0.4, -0.2) is 48.3 Å². The molecular formula is C11H15BrClN3O2. The summed E-state index contributed by atoms with van der Waals surface area (Å²) in [6.07, 6.45) is 1.71. The summed E-state index contributed by atoms with van der Waals surface area (Å²) in [6, 6.07) is 0.218. The smallest absolute Gasteiger partial charge is 0.232 e. The van der Waals surface area contributed by atoms with Gasteiger partial charge in [-0.3, -0.25) is 0 Å². The van der Waals surface area contributed by atoms with Gasteiger partial charge in [-0.25, -0.2) is 4.98 Å². The summed E-state index contributed by atoms with van der Waals surface area (Å²) in [6.45, 7) is 3.39. The number of hydrogen-bond donors (Lipinski definition) is 0. The Morgan fingerprint density at radius 2 is 2.44 bits per heavy atom. The molecule has 0 aliphatic carbocycles. The van der Waals surface area contributed by atoms with Crippen molar-refractivity contribution in [1.29, 1.82) is 0 Å². The van der Waals surface area contributed by atoms with Crippen molar-refractivity contribution in [3.8, 4) is 5.88 Å². The molecular weight excluding hydrogens is 321 g/mol. The highest BCUT2D eigenvalue weighted by Gasteiger charge is 2.27. The number of halogens is 2. The lowest BCUT2D eigenvalue weighted by molar-refractivity contribution is 0.0357. The number of methoxy groups -OCH3 is 1. The highest BCUT2D eigenvalue weighted by Crippen LogP contribution is 2.25. The van der Waals surface area contributed by atoms with Gasteiger partial charge in [-0.15, -0.1) is 11.6 Å². The maximum Gasteiger partial charge on any atom is 0.232 e. The third-order valence-electron chi connectivity index (χ3n) is 2.83. The van der Waals surface area contributed by atoms with Gasteiger partial charge in [-0.1, -0.05) is 0 Å². The zero-order valence-electron chi connectivity index (χ0n) is 10.3. The van der Waals surface area contributed by atoms with Gasteiger partial charge < -0.3 is 14.4 Å². The number of aromatic nitrogens is 2. The van der Waals surface area contributed by atoms with E-state index in [4.69, 9.17) is 21.1 Å². The van der Waals surface area contributed by atoms with Gasteiger partial charge in [0.15, 0.2) is 0 Å². The van der Waals surface area contributed by atoms with Crippen LogP contribution in [0.4, 0.5) is 5.95 Å². The monoisotopic (exact) mass is 335 g/mol. The molecule has 0 N–H and O–H groups in total. The van der Waals surface area contributed by atoms with E-state index in [0.717, 1.165) is 4.47 Å². The average Bonchev–Trinajstić information content (AvgIpc) is 2.40. The Morgan fingerprint density at radius 3 is 3.11 bits per heavy atom. The van der Waals surface area contributed by atoms with Crippen LogP contribution in [0.15, 0.2) is 10.7 Å². The van der Waals surface area contributed by atoms with Crippen LogP contribution in [-0.2, 0) is 4.74 Å². The van der Waals surface area contributed by atoms with Crippen LogP contribution in [0, 0.1) is 0 Å². The molecule has 2 heterocycles. The molecule has 1 aromatic heterocycles. The number of rotatable bonds is 3. The van der Waals surface area contributed by atoms with Gasteiger partial charge >= 0.3 is 0 Å². The predicted molar refractivity (Wildman–Crippen MR) is 73.6 cm³/mol. The molecule has 0 amide bonds. The summed E-state index contributed by atoms with van der Waals surface area (Å²) >= 11 is 9.18. The third-order valence-corrected chi connectivity index (χ3v) is 3.72. The van der Waals surface area contributed by atoms with E-state index in [0.29, 0.717) is 30.9 Å². The topological polar surface area (TPSA) is 47.5 Å². The van der Waals surface area contributed by atoms with E-state index in [1.165, 1.54) is 0 Å². The maximum atomic E-state index is 5.84. The third kappa shape index (κ3) is 2.87. The van der Waals surface area contributed by atoms with Crippen LogP contribution in [0.3, 0.4) is 0 Å². The second-order valence-corrected chi connectivity index (χ2v) is 5.30. The lowest BCUT2D eigenvalue weighted by Gasteiger charge is -2.37. The SMILES string of the molecule is COc1nc(N2CC(CCl)OCC2C)ncc1Br. The largest absolute Gasteiger partial charge is 0.480 e. The van der Waals surface area contributed by atoms with Crippen LogP contribution in [0.1, 0.15) is 6.92 Å². The fourth-order valence-corrected chi connectivity index (χ4v) is 2.35. The van der Waals surface area contributed by atoms with Crippen molar-refractivity contribution in [2.24, 2.45) is 0 Å². The molecule has 0 bridgehead atoms. The first-order valence-electron chi connectivity index (χ1n) is 5.66. The molecule has 1 aliphatic rings. The fourth-order valence-electron chi connectivity index (χ4n) is 1.81. The molecule has 1 aromatic rings. The molecule has 0 radical (unpaired) electrons.